The van der Waals surface area contributed by atoms with E-state index in [1.54, 1.807) is 6.92 Å². The fourth-order valence-corrected chi connectivity index (χ4v) is 2.70. The Morgan fingerprint density at radius 1 is 1.04 bits per heavy atom. The van der Waals surface area contributed by atoms with Gasteiger partial charge in [-0.15, -0.1) is 0 Å². The molecule has 0 heterocycles. The Labute approximate surface area is 158 Å². The second-order valence-corrected chi connectivity index (χ2v) is 6.02. The molecule has 0 amide bonds. The van der Waals surface area contributed by atoms with E-state index >= 15 is 0 Å². The molecule has 0 atom stereocenters. The van der Waals surface area contributed by atoms with Crippen molar-refractivity contribution < 1.29 is 24.1 Å². The van der Waals surface area contributed by atoms with E-state index in [0.717, 1.165) is 18.6 Å². The molecule has 2 aromatic carbocycles. The van der Waals surface area contributed by atoms with E-state index in [1.807, 2.05) is 24.3 Å². The molecule has 140 valence electrons. The van der Waals surface area contributed by atoms with Gasteiger partial charge in [0.1, 0.15) is 19.0 Å². The average Bonchev–Trinajstić information content (AvgIpc) is 2.62. The van der Waals surface area contributed by atoms with Crippen molar-refractivity contribution >= 4 is 17.6 Å². The van der Waals surface area contributed by atoms with Gasteiger partial charge in [0, 0.05) is 0 Å². The summed E-state index contributed by atoms with van der Waals surface area (Å²) in [4.78, 5) is 11.1. The largest absolute Gasteiger partial charge is 0.490 e. The Balaban J connectivity index is 1.95. The molecule has 6 heteroatoms. The molecule has 2 aromatic rings. The number of carboxylic acids is 1. The van der Waals surface area contributed by atoms with Gasteiger partial charge in [-0.25, -0.2) is 4.79 Å². The predicted octanol–water partition coefficient (Wildman–Crippen LogP) is 4.85. The number of carbonyl (C=O) groups is 1. The standard InChI is InChI=1S/C20H23ClO5/c1-3-5-14-6-8-16(9-7-14)25-10-11-26-19-17(21)12-15(20(22)23)13-18(19)24-4-2/h6-9,12-13H,3-5,10-11H2,1-2H3,(H,22,23). The maximum absolute atomic E-state index is 11.1. The maximum atomic E-state index is 11.1. The predicted molar refractivity (Wildman–Crippen MR) is 101 cm³/mol. The first-order valence-corrected chi connectivity index (χ1v) is 8.97. The Kier molecular flexibility index (Phi) is 7.60. The molecule has 0 bridgehead atoms. The summed E-state index contributed by atoms with van der Waals surface area (Å²) in [5, 5.41) is 9.30. The normalized spacial score (nSPS) is 10.4. The van der Waals surface area contributed by atoms with Crippen LogP contribution in [-0.4, -0.2) is 30.9 Å². The summed E-state index contributed by atoms with van der Waals surface area (Å²) in [6.07, 6.45) is 2.16. The third-order valence-electron chi connectivity index (χ3n) is 3.62. The Morgan fingerprint density at radius 2 is 1.73 bits per heavy atom. The lowest BCUT2D eigenvalue weighted by molar-refractivity contribution is 0.0696. The van der Waals surface area contributed by atoms with Gasteiger partial charge in [0.2, 0.25) is 0 Å². The molecular formula is C20H23ClO5. The number of halogens is 1. The van der Waals surface area contributed by atoms with Crippen molar-refractivity contribution in [3.8, 4) is 17.2 Å². The van der Waals surface area contributed by atoms with Crippen molar-refractivity contribution in [2.75, 3.05) is 19.8 Å². The zero-order chi connectivity index (χ0) is 18.9. The van der Waals surface area contributed by atoms with Gasteiger partial charge in [-0.1, -0.05) is 37.1 Å². The van der Waals surface area contributed by atoms with Gasteiger partial charge in [0.25, 0.3) is 0 Å². The molecule has 0 aliphatic heterocycles. The summed E-state index contributed by atoms with van der Waals surface area (Å²) in [5.41, 5.74) is 1.33. The minimum Gasteiger partial charge on any atom is -0.490 e. The third kappa shape index (κ3) is 5.56. The second kappa shape index (κ2) is 9.92. The van der Waals surface area contributed by atoms with Gasteiger partial charge in [-0.3, -0.25) is 0 Å². The molecular weight excluding hydrogens is 356 g/mol. The lowest BCUT2D eigenvalue weighted by atomic mass is 10.1. The lowest BCUT2D eigenvalue weighted by Gasteiger charge is -2.15. The van der Waals surface area contributed by atoms with Gasteiger partial charge >= 0.3 is 5.97 Å². The molecule has 0 saturated heterocycles. The number of ether oxygens (including phenoxy) is 3. The van der Waals surface area contributed by atoms with E-state index in [9.17, 15) is 4.79 Å². The number of rotatable bonds is 10. The summed E-state index contributed by atoms with van der Waals surface area (Å²) in [7, 11) is 0. The number of hydrogen-bond donors (Lipinski definition) is 1. The van der Waals surface area contributed by atoms with Crippen LogP contribution in [0.25, 0.3) is 0 Å². The third-order valence-corrected chi connectivity index (χ3v) is 3.90. The second-order valence-electron chi connectivity index (χ2n) is 5.61. The Hall–Kier alpha value is -2.40. The Morgan fingerprint density at radius 3 is 2.35 bits per heavy atom. The van der Waals surface area contributed by atoms with Crippen LogP contribution in [0.5, 0.6) is 17.2 Å². The van der Waals surface area contributed by atoms with E-state index in [-0.39, 0.29) is 17.2 Å². The number of aryl methyl sites for hydroxylation is 1. The van der Waals surface area contributed by atoms with Crippen LogP contribution in [0, 0.1) is 0 Å². The van der Waals surface area contributed by atoms with Gasteiger partial charge in [-0.2, -0.15) is 0 Å². The summed E-state index contributed by atoms with van der Waals surface area (Å²) in [6, 6.07) is 10.7. The van der Waals surface area contributed by atoms with Gasteiger partial charge in [-0.05, 0) is 43.2 Å². The first-order chi connectivity index (χ1) is 12.5. The van der Waals surface area contributed by atoms with Crippen LogP contribution < -0.4 is 14.2 Å². The molecule has 26 heavy (non-hydrogen) atoms. The molecule has 0 fully saturated rings. The average molecular weight is 379 g/mol. The smallest absolute Gasteiger partial charge is 0.335 e. The minimum atomic E-state index is -1.07. The number of benzene rings is 2. The van der Waals surface area contributed by atoms with Gasteiger partial charge in [0.05, 0.1) is 17.2 Å². The number of hydrogen-bond acceptors (Lipinski definition) is 4. The fraction of sp³-hybridized carbons (Fsp3) is 0.350. The zero-order valence-corrected chi connectivity index (χ0v) is 15.7. The topological polar surface area (TPSA) is 65.0 Å². The quantitative estimate of drug-likeness (QED) is 0.599. The van der Waals surface area contributed by atoms with Crippen molar-refractivity contribution in [2.24, 2.45) is 0 Å². The molecule has 0 aliphatic carbocycles. The van der Waals surface area contributed by atoms with E-state index in [2.05, 4.69) is 6.92 Å². The Bertz CT molecular complexity index is 728. The fourth-order valence-electron chi connectivity index (χ4n) is 2.44. The molecule has 0 saturated carbocycles. The number of aromatic carboxylic acids is 1. The summed E-state index contributed by atoms with van der Waals surface area (Å²) < 4.78 is 16.8. The molecule has 0 spiro atoms. The molecule has 0 aromatic heterocycles. The summed E-state index contributed by atoms with van der Waals surface area (Å²) >= 11 is 6.15. The first kappa shape index (κ1) is 19.9. The highest BCUT2D eigenvalue weighted by Gasteiger charge is 2.15. The van der Waals surface area contributed by atoms with Crippen molar-refractivity contribution in [3.05, 3.63) is 52.5 Å². The number of carboxylic acid groups (broad SMARTS) is 1. The van der Waals surface area contributed by atoms with E-state index in [0.29, 0.717) is 24.7 Å². The minimum absolute atomic E-state index is 0.0502. The molecule has 0 radical (unpaired) electrons. The molecule has 0 aliphatic rings. The van der Waals surface area contributed by atoms with E-state index in [1.165, 1.54) is 17.7 Å². The van der Waals surface area contributed by atoms with Crippen molar-refractivity contribution in [1.82, 2.24) is 0 Å². The van der Waals surface area contributed by atoms with Crippen LogP contribution in [0.3, 0.4) is 0 Å². The van der Waals surface area contributed by atoms with Crippen LogP contribution in [0.4, 0.5) is 0 Å². The molecule has 0 unspecified atom stereocenters. The lowest BCUT2D eigenvalue weighted by Crippen LogP contribution is -2.11. The van der Waals surface area contributed by atoms with E-state index < -0.39 is 5.97 Å². The van der Waals surface area contributed by atoms with Crippen LogP contribution in [0.1, 0.15) is 36.2 Å². The SMILES string of the molecule is CCCc1ccc(OCCOc2c(Cl)cc(C(=O)O)cc2OCC)cc1. The van der Waals surface area contributed by atoms with Crippen LogP contribution in [0.2, 0.25) is 5.02 Å². The van der Waals surface area contributed by atoms with E-state index in [4.69, 9.17) is 30.9 Å². The molecule has 1 N–H and O–H groups in total. The van der Waals surface area contributed by atoms with Crippen molar-refractivity contribution in [1.29, 1.82) is 0 Å². The molecule has 2 rings (SSSR count). The van der Waals surface area contributed by atoms with Crippen LogP contribution in [0.15, 0.2) is 36.4 Å². The highest BCUT2D eigenvalue weighted by Crippen LogP contribution is 2.36. The van der Waals surface area contributed by atoms with Crippen molar-refractivity contribution in [3.63, 3.8) is 0 Å². The highest BCUT2D eigenvalue weighted by molar-refractivity contribution is 6.32. The van der Waals surface area contributed by atoms with Gasteiger partial charge in [0.15, 0.2) is 11.5 Å². The summed E-state index contributed by atoms with van der Waals surface area (Å²) in [5.74, 6) is 0.321. The molecule has 5 nitrogen and oxygen atoms in total. The monoisotopic (exact) mass is 378 g/mol. The zero-order valence-electron chi connectivity index (χ0n) is 15.0. The summed E-state index contributed by atoms with van der Waals surface area (Å²) in [6.45, 7) is 4.90. The van der Waals surface area contributed by atoms with Gasteiger partial charge < -0.3 is 19.3 Å². The first-order valence-electron chi connectivity index (χ1n) is 8.59. The highest BCUT2D eigenvalue weighted by atomic mass is 35.5. The van der Waals surface area contributed by atoms with Crippen LogP contribution >= 0.6 is 11.6 Å². The van der Waals surface area contributed by atoms with Crippen LogP contribution in [-0.2, 0) is 6.42 Å². The van der Waals surface area contributed by atoms with Crippen molar-refractivity contribution in [2.45, 2.75) is 26.7 Å². The maximum Gasteiger partial charge on any atom is 0.335 e.